The molecule has 0 spiro atoms. The van der Waals surface area contributed by atoms with Gasteiger partial charge in [-0.15, -0.1) is 14.8 Å². The van der Waals surface area contributed by atoms with Crippen molar-refractivity contribution < 1.29 is 4.74 Å². The monoisotopic (exact) mass is 282 g/mol. The molecule has 3 heterocycles. The Kier molecular flexibility index (Phi) is 2.97. The lowest BCUT2D eigenvalue weighted by atomic mass is 10.1. The molecular weight excluding hydrogens is 268 g/mol. The summed E-state index contributed by atoms with van der Waals surface area (Å²) in [7, 11) is 0. The number of aromatic nitrogens is 5. The van der Waals surface area contributed by atoms with E-state index >= 15 is 0 Å². The number of fused-ring (bicyclic) bond motifs is 1. The number of nitrogens with zero attached hydrogens (tertiary/aromatic N) is 6. The predicted octanol–water partition coefficient (Wildman–Crippen LogP) is 1.10. The highest BCUT2D eigenvalue weighted by Crippen LogP contribution is 2.28. The third-order valence-corrected chi connectivity index (χ3v) is 3.66. The third-order valence-electron chi connectivity index (χ3n) is 3.66. The van der Waals surface area contributed by atoms with Gasteiger partial charge >= 0.3 is 0 Å². The summed E-state index contributed by atoms with van der Waals surface area (Å²) < 4.78 is 7.10. The van der Waals surface area contributed by atoms with Crippen LogP contribution >= 0.6 is 0 Å². The molecule has 7 nitrogen and oxygen atoms in total. The maximum Gasteiger partial charge on any atom is 0.200 e. The standard InChI is InChI=1S/C14H14N6O/c1-2-4-11(5-3-1)12-10-21-9-8-19(12)14-7-6-13-15-17-18-20(13)16-14/h1-7,12H,8-10H2. The van der Waals surface area contributed by atoms with Gasteiger partial charge in [0.05, 0.1) is 19.3 Å². The molecule has 1 fully saturated rings. The summed E-state index contributed by atoms with van der Waals surface area (Å²) in [5.74, 6) is 0.854. The van der Waals surface area contributed by atoms with Gasteiger partial charge in [-0.05, 0) is 28.1 Å². The van der Waals surface area contributed by atoms with Crippen LogP contribution in [0.3, 0.4) is 0 Å². The van der Waals surface area contributed by atoms with Gasteiger partial charge in [0.1, 0.15) is 0 Å². The van der Waals surface area contributed by atoms with Crippen molar-refractivity contribution in [2.24, 2.45) is 0 Å². The summed E-state index contributed by atoms with van der Waals surface area (Å²) >= 11 is 0. The lowest BCUT2D eigenvalue weighted by molar-refractivity contribution is 0.0936. The Labute approximate surface area is 121 Å². The van der Waals surface area contributed by atoms with E-state index in [0.29, 0.717) is 18.9 Å². The first-order valence-electron chi connectivity index (χ1n) is 6.86. The van der Waals surface area contributed by atoms with Crippen molar-refractivity contribution in [2.75, 3.05) is 24.7 Å². The van der Waals surface area contributed by atoms with Crippen LogP contribution in [0.15, 0.2) is 42.5 Å². The van der Waals surface area contributed by atoms with E-state index in [-0.39, 0.29) is 6.04 Å². The summed E-state index contributed by atoms with van der Waals surface area (Å²) in [5, 5.41) is 15.8. The van der Waals surface area contributed by atoms with Gasteiger partial charge in [-0.1, -0.05) is 30.3 Å². The largest absolute Gasteiger partial charge is 0.377 e. The fourth-order valence-electron chi connectivity index (χ4n) is 2.62. The van der Waals surface area contributed by atoms with Crippen LogP contribution in [0.1, 0.15) is 11.6 Å². The first-order valence-corrected chi connectivity index (χ1v) is 6.86. The van der Waals surface area contributed by atoms with E-state index in [1.807, 2.05) is 30.3 Å². The number of benzene rings is 1. The van der Waals surface area contributed by atoms with E-state index in [1.165, 1.54) is 10.2 Å². The Morgan fingerprint density at radius 1 is 1.10 bits per heavy atom. The van der Waals surface area contributed by atoms with E-state index in [1.54, 1.807) is 0 Å². The second kappa shape index (κ2) is 5.10. The van der Waals surface area contributed by atoms with Crippen molar-refractivity contribution in [1.82, 2.24) is 25.3 Å². The minimum Gasteiger partial charge on any atom is -0.377 e. The summed E-state index contributed by atoms with van der Waals surface area (Å²) in [5.41, 5.74) is 1.86. The maximum absolute atomic E-state index is 5.64. The molecule has 0 N–H and O–H groups in total. The molecule has 1 atom stereocenters. The zero-order chi connectivity index (χ0) is 14.1. The van der Waals surface area contributed by atoms with Crippen LogP contribution < -0.4 is 4.90 Å². The highest BCUT2D eigenvalue weighted by Gasteiger charge is 2.26. The Bertz CT molecular complexity index is 743. The smallest absolute Gasteiger partial charge is 0.200 e. The van der Waals surface area contributed by atoms with Crippen LogP contribution in [0.4, 0.5) is 5.82 Å². The highest BCUT2D eigenvalue weighted by molar-refractivity contribution is 5.47. The normalized spacial score (nSPS) is 19.0. The Hall–Kier alpha value is -2.54. The Balaban J connectivity index is 1.73. The average Bonchev–Trinajstić information content (AvgIpc) is 3.03. The average molecular weight is 282 g/mol. The summed E-state index contributed by atoms with van der Waals surface area (Å²) in [6, 6.07) is 14.3. The minimum atomic E-state index is 0.154. The van der Waals surface area contributed by atoms with Crippen LogP contribution in [0.2, 0.25) is 0 Å². The van der Waals surface area contributed by atoms with Crippen LogP contribution in [-0.4, -0.2) is 45.0 Å². The van der Waals surface area contributed by atoms with E-state index in [2.05, 4.69) is 37.7 Å². The number of rotatable bonds is 2. The van der Waals surface area contributed by atoms with E-state index in [9.17, 15) is 0 Å². The molecule has 1 aliphatic heterocycles. The predicted molar refractivity (Wildman–Crippen MR) is 75.9 cm³/mol. The Morgan fingerprint density at radius 3 is 2.90 bits per heavy atom. The molecule has 0 amide bonds. The van der Waals surface area contributed by atoms with Gasteiger partial charge in [0.25, 0.3) is 0 Å². The number of hydrogen-bond acceptors (Lipinski definition) is 6. The van der Waals surface area contributed by atoms with Crippen molar-refractivity contribution >= 4 is 11.5 Å². The molecule has 0 radical (unpaired) electrons. The van der Waals surface area contributed by atoms with Crippen molar-refractivity contribution in [3.05, 3.63) is 48.0 Å². The van der Waals surface area contributed by atoms with Crippen LogP contribution in [-0.2, 0) is 4.74 Å². The molecule has 1 unspecified atom stereocenters. The molecule has 4 rings (SSSR count). The Morgan fingerprint density at radius 2 is 2.00 bits per heavy atom. The molecular formula is C14H14N6O. The second-order valence-corrected chi connectivity index (χ2v) is 4.91. The highest BCUT2D eigenvalue weighted by atomic mass is 16.5. The van der Waals surface area contributed by atoms with E-state index < -0.39 is 0 Å². The topological polar surface area (TPSA) is 68.4 Å². The number of hydrogen-bond donors (Lipinski definition) is 0. The first kappa shape index (κ1) is 12.2. The van der Waals surface area contributed by atoms with Gasteiger partial charge in [0, 0.05) is 6.54 Å². The molecule has 0 bridgehead atoms. The minimum absolute atomic E-state index is 0.154. The maximum atomic E-state index is 5.64. The van der Waals surface area contributed by atoms with E-state index in [4.69, 9.17) is 4.74 Å². The summed E-state index contributed by atoms with van der Waals surface area (Å²) in [4.78, 5) is 2.24. The first-order chi connectivity index (χ1) is 10.4. The number of morpholine rings is 1. The van der Waals surface area contributed by atoms with Gasteiger partial charge in [-0.2, -0.15) is 0 Å². The fraction of sp³-hybridized carbons (Fsp3) is 0.286. The van der Waals surface area contributed by atoms with Crippen molar-refractivity contribution in [3.63, 3.8) is 0 Å². The lowest BCUT2D eigenvalue weighted by Gasteiger charge is -2.36. The molecule has 106 valence electrons. The molecule has 0 saturated carbocycles. The SMILES string of the molecule is c1ccc(C2COCCN2c2ccc3nnnn3n2)cc1. The van der Waals surface area contributed by atoms with Crippen LogP contribution in [0, 0.1) is 0 Å². The molecule has 1 aromatic carbocycles. The van der Waals surface area contributed by atoms with Gasteiger partial charge in [0.15, 0.2) is 11.5 Å². The molecule has 0 aliphatic carbocycles. The quantitative estimate of drug-likeness (QED) is 0.701. The van der Waals surface area contributed by atoms with Crippen LogP contribution in [0.25, 0.3) is 5.65 Å². The molecule has 21 heavy (non-hydrogen) atoms. The number of anilines is 1. The number of tetrazole rings is 1. The molecule has 3 aromatic rings. The van der Waals surface area contributed by atoms with Gasteiger partial charge < -0.3 is 9.64 Å². The van der Waals surface area contributed by atoms with Crippen molar-refractivity contribution in [3.8, 4) is 0 Å². The summed E-state index contributed by atoms with van der Waals surface area (Å²) in [6.45, 7) is 2.14. The van der Waals surface area contributed by atoms with Crippen LogP contribution in [0.5, 0.6) is 0 Å². The van der Waals surface area contributed by atoms with E-state index in [0.717, 1.165) is 12.4 Å². The third kappa shape index (κ3) is 2.21. The number of ether oxygens (including phenoxy) is 1. The molecule has 7 heteroatoms. The van der Waals surface area contributed by atoms with Gasteiger partial charge in [0.2, 0.25) is 0 Å². The van der Waals surface area contributed by atoms with Gasteiger partial charge in [-0.3, -0.25) is 0 Å². The fourth-order valence-corrected chi connectivity index (χ4v) is 2.62. The second-order valence-electron chi connectivity index (χ2n) is 4.91. The zero-order valence-corrected chi connectivity index (χ0v) is 11.3. The summed E-state index contributed by atoms with van der Waals surface area (Å²) in [6.07, 6.45) is 0. The molecule has 1 saturated heterocycles. The zero-order valence-electron chi connectivity index (χ0n) is 11.3. The van der Waals surface area contributed by atoms with Crippen molar-refractivity contribution in [1.29, 1.82) is 0 Å². The van der Waals surface area contributed by atoms with Crippen molar-refractivity contribution in [2.45, 2.75) is 6.04 Å². The lowest BCUT2D eigenvalue weighted by Crippen LogP contribution is -2.40. The van der Waals surface area contributed by atoms with Gasteiger partial charge in [-0.25, -0.2) is 0 Å². The molecule has 2 aromatic heterocycles. The molecule has 1 aliphatic rings.